The molecule has 1 aromatic rings. The van der Waals surface area contributed by atoms with Crippen molar-refractivity contribution in [2.75, 3.05) is 0 Å². The molecule has 1 aromatic heterocycles. The van der Waals surface area contributed by atoms with Crippen LogP contribution in [0.2, 0.25) is 0 Å². The van der Waals surface area contributed by atoms with E-state index < -0.39 is 0 Å². The van der Waals surface area contributed by atoms with Gasteiger partial charge in [0.05, 0.1) is 0 Å². The van der Waals surface area contributed by atoms with E-state index in [1.165, 1.54) is 63.5 Å². The number of aromatic nitrogens is 1. The first-order valence-electron chi connectivity index (χ1n) is 7.23. The van der Waals surface area contributed by atoms with Crippen molar-refractivity contribution in [2.24, 2.45) is 0 Å². The van der Waals surface area contributed by atoms with Gasteiger partial charge in [0, 0.05) is 11.9 Å². The largest absolute Gasteiger partial charge is 0.362 e. The fraction of sp³-hybridized carbons (Fsp3) is 0.625. The first-order valence-corrected chi connectivity index (χ1v) is 7.23. The van der Waals surface area contributed by atoms with E-state index >= 15 is 0 Å². The molecular formula is C16H27N. The molecule has 1 heteroatoms. The minimum Gasteiger partial charge on any atom is -0.362 e. The number of H-pyrrole nitrogens is 1. The number of nitrogens with one attached hydrogen (secondary N) is 1. The first-order chi connectivity index (χ1) is 8.43. The lowest BCUT2D eigenvalue weighted by molar-refractivity contribution is 0.578. The lowest BCUT2D eigenvalue weighted by Gasteiger charge is -1.99. The van der Waals surface area contributed by atoms with Crippen molar-refractivity contribution in [2.45, 2.75) is 64.7 Å². The highest BCUT2D eigenvalue weighted by Gasteiger charge is 1.90. The van der Waals surface area contributed by atoms with Crippen LogP contribution in [-0.2, 0) is 0 Å². The molecule has 0 atom stereocenters. The first kappa shape index (κ1) is 14.1. The van der Waals surface area contributed by atoms with Gasteiger partial charge in [0.1, 0.15) is 0 Å². The molecule has 0 spiro atoms. The maximum atomic E-state index is 3.18. The van der Waals surface area contributed by atoms with Gasteiger partial charge in [-0.15, -0.1) is 0 Å². The lowest BCUT2D eigenvalue weighted by atomic mass is 10.1. The highest BCUT2D eigenvalue weighted by atomic mass is 14.7. The third kappa shape index (κ3) is 7.84. The number of hydrogen-bond acceptors (Lipinski definition) is 0. The van der Waals surface area contributed by atoms with Crippen LogP contribution in [-0.4, -0.2) is 4.98 Å². The van der Waals surface area contributed by atoms with Crippen molar-refractivity contribution < 1.29 is 0 Å². The topological polar surface area (TPSA) is 15.8 Å². The highest BCUT2D eigenvalue weighted by molar-refractivity contribution is 5.43. The van der Waals surface area contributed by atoms with Gasteiger partial charge in [-0.1, -0.05) is 57.9 Å². The smallest absolute Gasteiger partial charge is 0.0377 e. The third-order valence-electron chi connectivity index (χ3n) is 3.14. The molecule has 0 saturated carbocycles. The zero-order valence-corrected chi connectivity index (χ0v) is 11.3. The van der Waals surface area contributed by atoms with Gasteiger partial charge in [-0.3, -0.25) is 0 Å². The predicted octanol–water partition coefficient (Wildman–Crippen LogP) is 5.56. The Balaban J connectivity index is 1.84. The van der Waals surface area contributed by atoms with Crippen molar-refractivity contribution in [3.8, 4) is 0 Å². The average molecular weight is 233 g/mol. The molecule has 1 nitrogen and oxygen atoms in total. The highest BCUT2D eigenvalue weighted by Crippen LogP contribution is 2.10. The summed E-state index contributed by atoms with van der Waals surface area (Å²) in [5.41, 5.74) is 1.21. The number of allylic oxidation sites excluding steroid dienone is 1. The summed E-state index contributed by atoms with van der Waals surface area (Å²) >= 11 is 0. The van der Waals surface area contributed by atoms with Crippen LogP contribution in [0.5, 0.6) is 0 Å². The van der Waals surface area contributed by atoms with Crippen LogP contribution in [0.4, 0.5) is 0 Å². The molecule has 1 N–H and O–H groups in total. The van der Waals surface area contributed by atoms with Crippen LogP contribution in [0.3, 0.4) is 0 Å². The molecule has 0 fully saturated rings. The number of hydrogen-bond donors (Lipinski definition) is 1. The van der Waals surface area contributed by atoms with Gasteiger partial charge >= 0.3 is 0 Å². The van der Waals surface area contributed by atoms with Gasteiger partial charge in [-0.25, -0.2) is 0 Å². The van der Waals surface area contributed by atoms with Crippen LogP contribution in [0.1, 0.15) is 70.4 Å². The summed E-state index contributed by atoms with van der Waals surface area (Å²) in [7, 11) is 0. The third-order valence-corrected chi connectivity index (χ3v) is 3.14. The Morgan fingerprint density at radius 1 is 1.00 bits per heavy atom. The van der Waals surface area contributed by atoms with Crippen LogP contribution in [0.25, 0.3) is 6.08 Å². The molecule has 0 unspecified atom stereocenters. The zero-order valence-electron chi connectivity index (χ0n) is 11.3. The summed E-state index contributed by atoms with van der Waals surface area (Å²) in [5.74, 6) is 0. The van der Waals surface area contributed by atoms with Crippen LogP contribution in [0.15, 0.2) is 24.4 Å². The summed E-state index contributed by atoms with van der Waals surface area (Å²) in [6, 6.07) is 4.14. The van der Waals surface area contributed by atoms with Crippen molar-refractivity contribution in [1.82, 2.24) is 4.98 Å². The van der Waals surface area contributed by atoms with E-state index in [9.17, 15) is 0 Å². The molecular weight excluding hydrogens is 206 g/mol. The van der Waals surface area contributed by atoms with Gasteiger partial charge < -0.3 is 4.98 Å². The fourth-order valence-electron chi connectivity index (χ4n) is 2.05. The molecule has 0 aliphatic carbocycles. The van der Waals surface area contributed by atoms with Gasteiger partial charge in [-0.2, -0.15) is 0 Å². The number of unbranched alkanes of at least 4 members (excludes halogenated alkanes) is 8. The Labute approximate surface area is 106 Å². The van der Waals surface area contributed by atoms with Crippen molar-refractivity contribution in [3.63, 3.8) is 0 Å². The maximum Gasteiger partial charge on any atom is 0.0377 e. The monoisotopic (exact) mass is 233 g/mol. The molecule has 0 aliphatic heterocycles. The normalized spacial score (nSPS) is 11.4. The van der Waals surface area contributed by atoms with E-state index in [4.69, 9.17) is 0 Å². The van der Waals surface area contributed by atoms with Crippen molar-refractivity contribution >= 4 is 6.08 Å². The van der Waals surface area contributed by atoms with E-state index in [0.717, 1.165) is 0 Å². The fourth-order valence-corrected chi connectivity index (χ4v) is 2.05. The van der Waals surface area contributed by atoms with E-state index in [0.29, 0.717) is 0 Å². The Morgan fingerprint density at radius 2 is 1.71 bits per heavy atom. The maximum absolute atomic E-state index is 3.18. The zero-order chi connectivity index (χ0) is 12.2. The minimum atomic E-state index is 1.21. The molecule has 0 aliphatic rings. The molecule has 0 amide bonds. The van der Waals surface area contributed by atoms with E-state index in [1.807, 2.05) is 12.3 Å². The Bertz CT molecular complexity index is 272. The summed E-state index contributed by atoms with van der Waals surface area (Å²) in [4.78, 5) is 3.18. The molecule has 0 radical (unpaired) electrons. The SMILES string of the molecule is CCCCCCCCCC/C=C/c1ccc[nH]1. The van der Waals surface area contributed by atoms with Crippen LogP contribution in [0, 0.1) is 0 Å². The Morgan fingerprint density at radius 3 is 2.35 bits per heavy atom. The summed E-state index contributed by atoms with van der Waals surface area (Å²) in [6.45, 7) is 2.27. The molecule has 1 heterocycles. The van der Waals surface area contributed by atoms with Gasteiger partial charge in [0.25, 0.3) is 0 Å². The van der Waals surface area contributed by atoms with Crippen molar-refractivity contribution in [3.05, 3.63) is 30.1 Å². The predicted molar refractivity (Wildman–Crippen MR) is 77.1 cm³/mol. The van der Waals surface area contributed by atoms with Crippen LogP contribution >= 0.6 is 0 Å². The quantitative estimate of drug-likeness (QED) is 0.509. The van der Waals surface area contributed by atoms with Gasteiger partial charge in [-0.05, 0) is 31.1 Å². The molecule has 96 valence electrons. The summed E-state index contributed by atoms with van der Waals surface area (Å²) in [5, 5.41) is 0. The van der Waals surface area contributed by atoms with Crippen molar-refractivity contribution in [1.29, 1.82) is 0 Å². The van der Waals surface area contributed by atoms with E-state index in [2.05, 4.69) is 30.1 Å². The lowest BCUT2D eigenvalue weighted by Crippen LogP contribution is -1.80. The second kappa shape index (κ2) is 10.2. The average Bonchev–Trinajstić information content (AvgIpc) is 2.85. The second-order valence-electron chi connectivity index (χ2n) is 4.79. The Kier molecular flexibility index (Phi) is 8.44. The molecule has 1 rings (SSSR count). The molecule has 17 heavy (non-hydrogen) atoms. The Hall–Kier alpha value is -0.980. The van der Waals surface area contributed by atoms with Gasteiger partial charge in [0.15, 0.2) is 0 Å². The van der Waals surface area contributed by atoms with Gasteiger partial charge in [0.2, 0.25) is 0 Å². The number of aromatic amines is 1. The number of rotatable bonds is 10. The minimum absolute atomic E-state index is 1.21. The molecule has 0 aromatic carbocycles. The summed E-state index contributed by atoms with van der Waals surface area (Å²) in [6.07, 6.45) is 18.9. The second-order valence-corrected chi connectivity index (χ2v) is 4.79. The van der Waals surface area contributed by atoms with E-state index in [1.54, 1.807) is 0 Å². The molecule has 0 bridgehead atoms. The standard InChI is InChI=1S/C16H27N/c1-2-3-4-5-6-7-8-9-10-11-13-16-14-12-15-17-16/h11-15,17H,2-10H2,1H3/b13-11+. The molecule has 0 saturated heterocycles. The van der Waals surface area contributed by atoms with E-state index in [-0.39, 0.29) is 0 Å². The van der Waals surface area contributed by atoms with Crippen LogP contribution < -0.4 is 0 Å². The summed E-state index contributed by atoms with van der Waals surface area (Å²) < 4.78 is 0.